The van der Waals surface area contributed by atoms with Crippen LogP contribution in [0.3, 0.4) is 0 Å². The highest BCUT2D eigenvalue weighted by atomic mass is 16.5. The topological polar surface area (TPSA) is 81.6 Å². The number of nitrogens with zero attached hydrogens (tertiary/aromatic N) is 1. The third-order valence-corrected chi connectivity index (χ3v) is 3.45. The first-order valence-corrected chi connectivity index (χ1v) is 6.68. The molecule has 1 atom stereocenters. The van der Waals surface area contributed by atoms with Gasteiger partial charge in [-0.1, -0.05) is 13.0 Å². The standard InChI is InChI=1S/C14H21N3O2/c1-2-10-9-17(7-4-8-19-10)13-11(14(16)18)5-3-6-12(13)15/h3,5-6,10H,2,4,7-9,15H2,1H3,(H2,16,18). The van der Waals surface area contributed by atoms with Gasteiger partial charge in [-0.05, 0) is 25.0 Å². The number of benzene rings is 1. The number of hydrogen-bond donors (Lipinski definition) is 2. The van der Waals surface area contributed by atoms with Crippen LogP contribution in [0.5, 0.6) is 0 Å². The number of rotatable bonds is 3. The number of para-hydroxylation sites is 1. The molecule has 1 saturated heterocycles. The second-order valence-electron chi connectivity index (χ2n) is 4.81. The van der Waals surface area contributed by atoms with Crippen molar-refractivity contribution in [1.29, 1.82) is 0 Å². The van der Waals surface area contributed by atoms with E-state index in [1.807, 2.05) is 0 Å². The average Bonchev–Trinajstić information content (AvgIpc) is 2.63. The molecule has 0 aromatic heterocycles. The zero-order valence-electron chi connectivity index (χ0n) is 11.3. The van der Waals surface area contributed by atoms with Crippen LogP contribution in [0.25, 0.3) is 0 Å². The second kappa shape index (κ2) is 5.93. The number of primary amides is 1. The fourth-order valence-electron chi connectivity index (χ4n) is 2.46. The van der Waals surface area contributed by atoms with Crippen molar-refractivity contribution >= 4 is 17.3 Å². The monoisotopic (exact) mass is 263 g/mol. The van der Waals surface area contributed by atoms with Crippen LogP contribution in [0, 0.1) is 0 Å². The second-order valence-corrected chi connectivity index (χ2v) is 4.81. The summed E-state index contributed by atoms with van der Waals surface area (Å²) < 4.78 is 5.75. The normalized spacial score (nSPS) is 20.1. The molecule has 0 spiro atoms. The lowest BCUT2D eigenvalue weighted by Gasteiger charge is -2.28. The molecule has 0 bridgehead atoms. The van der Waals surface area contributed by atoms with Gasteiger partial charge in [-0.2, -0.15) is 0 Å². The molecule has 1 fully saturated rings. The third kappa shape index (κ3) is 2.98. The van der Waals surface area contributed by atoms with E-state index in [-0.39, 0.29) is 6.10 Å². The van der Waals surface area contributed by atoms with Gasteiger partial charge in [-0.3, -0.25) is 4.79 Å². The van der Waals surface area contributed by atoms with E-state index in [0.717, 1.165) is 38.2 Å². The van der Waals surface area contributed by atoms with E-state index in [9.17, 15) is 4.79 Å². The van der Waals surface area contributed by atoms with Gasteiger partial charge in [-0.25, -0.2) is 0 Å². The minimum atomic E-state index is -0.444. The van der Waals surface area contributed by atoms with Crippen LogP contribution in [-0.4, -0.2) is 31.7 Å². The summed E-state index contributed by atoms with van der Waals surface area (Å²) >= 11 is 0. The molecule has 2 rings (SSSR count). The average molecular weight is 263 g/mol. The van der Waals surface area contributed by atoms with E-state index in [4.69, 9.17) is 16.2 Å². The van der Waals surface area contributed by atoms with E-state index < -0.39 is 5.91 Å². The van der Waals surface area contributed by atoms with Gasteiger partial charge in [0.2, 0.25) is 0 Å². The summed E-state index contributed by atoms with van der Waals surface area (Å²) in [5.41, 5.74) is 13.3. The number of ether oxygens (including phenoxy) is 1. The molecule has 104 valence electrons. The molecule has 1 aliphatic heterocycles. The fraction of sp³-hybridized carbons (Fsp3) is 0.500. The SMILES string of the molecule is CCC1CN(c2c(N)cccc2C(N)=O)CCCO1. The van der Waals surface area contributed by atoms with Crippen LogP contribution in [0.2, 0.25) is 0 Å². The number of carbonyl (C=O) groups excluding carboxylic acids is 1. The minimum absolute atomic E-state index is 0.169. The van der Waals surface area contributed by atoms with Crippen molar-refractivity contribution < 1.29 is 9.53 Å². The molecule has 5 nitrogen and oxygen atoms in total. The summed E-state index contributed by atoms with van der Waals surface area (Å²) in [6.07, 6.45) is 2.03. The van der Waals surface area contributed by atoms with Gasteiger partial charge in [0.1, 0.15) is 0 Å². The first kappa shape index (κ1) is 13.7. The first-order valence-electron chi connectivity index (χ1n) is 6.68. The fourth-order valence-corrected chi connectivity index (χ4v) is 2.46. The third-order valence-electron chi connectivity index (χ3n) is 3.45. The van der Waals surface area contributed by atoms with Crippen molar-refractivity contribution in [2.45, 2.75) is 25.9 Å². The Morgan fingerprint density at radius 3 is 3.00 bits per heavy atom. The van der Waals surface area contributed by atoms with Crippen molar-refractivity contribution in [3.05, 3.63) is 23.8 Å². The van der Waals surface area contributed by atoms with Crippen LogP contribution >= 0.6 is 0 Å². The summed E-state index contributed by atoms with van der Waals surface area (Å²) in [7, 11) is 0. The molecule has 1 aromatic carbocycles. The molecule has 5 heteroatoms. The first-order chi connectivity index (χ1) is 9.13. The molecule has 1 amide bonds. The maximum absolute atomic E-state index is 11.6. The summed E-state index contributed by atoms with van der Waals surface area (Å²) in [6, 6.07) is 5.28. The Kier molecular flexibility index (Phi) is 4.27. The zero-order valence-corrected chi connectivity index (χ0v) is 11.3. The lowest BCUT2D eigenvalue weighted by Crippen LogP contribution is -2.33. The molecule has 0 aliphatic carbocycles. The Labute approximate surface area is 113 Å². The molecule has 1 unspecified atom stereocenters. The van der Waals surface area contributed by atoms with E-state index in [2.05, 4.69) is 11.8 Å². The van der Waals surface area contributed by atoms with Crippen LogP contribution < -0.4 is 16.4 Å². The Balaban J connectivity index is 2.36. The van der Waals surface area contributed by atoms with Crippen molar-refractivity contribution in [3.8, 4) is 0 Å². The maximum atomic E-state index is 11.6. The molecule has 1 aliphatic rings. The van der Waals surface area contributed by atoms with Crippen LogP contribution in [0.15, 0.2) is 18.2 Å². The highest BCUT2D eigenvalue weighted by molar-refractivity contribution is 6.01. The lowest BCUT2D eigenvalue weighted by molar-refractivity contribution is 0.0664. The molecule has 19 heavy (non-hydrogen) atoms. The number of amides is 1. The number of anilines is 2. The van der Waals surface area contributed by atoms with Crippen LogP contribution in [0.4, 0.5) is 11.4 Å². The Morgan fingerprint density at radius 2 is 2.32 bits per heavy atom. The van der Waals surface area contributed by atoms with Gasteiger partial charge >= 0.3 is 0 Å². The van der Waals surface area contributed by atoms with Gasteiger partial charge in [0.05, 0.1) is 23.0 Å². The lowest BCUT2D eigenvalue weighted by atomic mass is 10.1. The number of carbonyl (C=O) groups is 1. The summed E-state index contributed by atoms with van der Waals surface area (Å²) in [5, 5.41) is 0. The predicted molar refractivity (Wildman–Crippen MR) is 76.2 cm³/mol. The van der Waals surface area contributed by atoms with E-state index in [1.54, 1.807) is 18.2 Å². The highest BCUT2D eigenvalue weighted by Crippen LogP contribution is 2.29. The Hall–Kier alpha value is -1.75. The molecule has 4 N–H and O–H groups in total. The maximum Gasteiger partial charge on any atom is 0.250 e. The molecular weight excluding hydrogens is 242 g/mol. The van der Waals surface area contributed by atoms with Gasteiger partial charge in [0, 0.05) is 19.7 Å². The Bertz CT molecular complexity index is 462. The van der Waals surface area contributed by atoms with E-state index in [1.165, 1.54) is 0 Å². The molecular formula is C14H21N3O2. The van der Waals surface area contributed by atoms with Gasteiger partial charge < -0.3 is 21.1 Å². The van der Waals surface area contributed by atoms with Crippen molar-refractivity contribution in [2.75, 3.05) is 30.3 Å². The summed E-state index contributed by atoms with van der Waals surface area (Å²) in [5.74, 6) is -0.444. The largest absolute Gasteiger partial charge is 0.397 e. The molecule has 1 aromatic rings. The molecule has 0 radical (unpaired) electrons. The molecule has 1 heterocycles. The quantitative estimate of drug-likeness (QED) is 0.807. The van der Waals surface area contributed by atoms with Crippen molar-refractivity contribution in [2.24, 2.45) is 5.73 Å². The summed E-state index contributed by atoms with van der Waals surface area (Å²) in [6.45, 7) is 4.40. The van der Waals surface area contributed by atoms with E-state index in [0.29, 0.717) is 11.3 Å². The van der Waals surface area contributed by atoms with Crippen LogP contribution in [0.1, 0.15) is 30.1 Å². The summed E-state index contributed by atoms with van der Waals surface area (Å²) in [4.78, 5) is 13.7. The minimum Gasteiger partial charge on any atom is -0.397 e. The van der Waals surface area contributed by atoms with Gasteiger partial charge in [0.15, 0.2) is 0 Å². The number of nitrogens with two attached hydrogens (primary N) is 2. The van der Waals surface area contributed by atoms with E-state index >= 15 is 0 Å². The van der Waals surface area contributed by atoms with Gasteiger partial charge in [0.25, 0.3) is 5.91 Å². The zero-order chi connectivity index (χ0) is 13.8. The highest BCUT2D eigenvalue weighted by Gasteiger charge is 2.22. The number of hydrogen-bond acceptors (Lipinski definition) is 4. The molecule has 0 saturated carbocycles. The predicted octanol–water partition coefficient (Wildman–Crippen LogP) is 1.37. The Morgan fingerprint density at radius 1 is 1.53 bits per heavy atom. The smallest absolute Gasteiger partial charge is 0.250 e. The van der Waals surface area contributed by atoms with Crippen LogP contribution in [-0.2, 0) is 4.74 Å². The van der Waals surface area contributed by atoms with Crippen molar-refractivity contribution in [3.63, 3.8) is 0 Å². The van der Waals surface area contributed by atoms with Gasteiger partial charge in [-0.15, -0.1) is 0 Å². The number of nitrogen functional groups attached to an aromatic ring is 1. The van der Waals surface area contributed by atoms with Crippen molar-refractivity contribution in [1.82, 2.24) is 0 Å².